The van der Waals surface area contributed by atoms with Gasteiger partial charge in [0.15, 0.2) is 0 Å². The van der Waals surface area contributed by atoms with Crippen LogP contribution >= 0.6 is 11.8 Å². The van der Waals surface area contributed by atoms with E-state index in [-0.39, 0.29) is 5.91 Å². The van der Waals surface area contributed by atoms with E-state index in [1.165, 1.54) is 0 Å². The molecular weight excluding hydrogens is 284 g/mol. The number of carbonyl (C=O) groups excluding carboxylic acids is 1. The largest absolute Gasteiger partial charge is 0.381 e. The Morgan fingerprint density at radius 3 is 3.05 bits per heavy atom. The number of nitrogens with one attached hydrogen (secondary N) is 1. The maximum absolute atomic E-state index is 12.2. The van der Waals surface area contributed by atoms with Gasteiger partial charge in [0.1, 0.15) is 0 Å². The number of carbonyl (C=O) groups is 1. The van der Waals surface area contributed by atoms with Gasteiger partial charge in [-0.25, -0.2) is 0 Å². The highest BCUT2D eigenvalue weighted by Crippen LogP contribution is 2.19. The van der Waals surface area contributed by atoms with Crippen molar-refractivity contribution in [2.45, 2.75) is 18.2 Å². The monoisotopic (exact) mass is 308 g/mol. The van der Waals surface area contributed by atoms with Gasteiger partial charge < -0.3 is 10.1 Å². The molecule has 1 saturated heterocycles. The van der Waals surface area contributed by atoms with Crippen molar-refractivity contribution in [2.24, 2.45) is 5.92 Å². The van der Waals surface area contributed by atoms with E-state index in [0.717, 1.165) is 43.3 Å². The van der Waals surface area contributed by atoms with Gasteiger partial charge in [-0.15, -0.1) is 11.8 Å². The zero-order valence-electron chi connectivity index (χ0n) is 12.8. The molecule has 0 radical (unpaired) electrons. The van der Waals surface area contributed by atoms with E-state index in [1.807, 2.05) is 30.5 Å². The van der Waals surface area contributed by atoms with Crippen LogP contribution in [0.3, 0.4) is 0 Å². The molecule has 116 valence electrons. The molecule has 5 heteroatoms. The quantitative estimate of drug-likeness (QED) is 0.786. The number of rotatable bonds is 7. The van der Waals surface area contributed by atoms with Gasteiger partial charge in [-0.3, -0.25) is 9.69 Å². The molecule has 1 heterocycles. The Bertz CT molecular complexity index is 461. The molecule has 21 heavy (non-hydrogen) atoms. The van der Waals surface area contributed by atoms with E-state index in [9.17, 15) is 4.79 Å². The number of hydrogen-bond donors (Lipinski definition) is 1. The summed E-state index contributed by atoms with van der Waals surface area (Å²) in [5.74, 6) is 0.617. The minimum absolute atomic E-state index is 0.0500. The van der Waals surface area contributed by atoms with Crippen molar-refractivity contribution in [3.63, 3.8) is 0 Å². The fraction of sp³-hybridized carbons (Fsp3) is 0.562. The van der Waals surface area contributed by atoms with E-state index < -0.39 is 0 Å². The third-order valence-electron chi connectivity index (χ3n) is 3.71. The number of nitrogens with zero attached hydrogens (tertiary/aromatic N) is 1. The van der Waals surface area contributed by atoms with Crippen molar-refractivity contribution >= 4 is 23.4 Å². The Kier molecular flexibility index (Phi) is 6.54. The van der Waals surface area contributed by atoms with E-state index >= 15 is 0 Å². The highest BCUT2D eigenvalue weighted by Gasteiger charge is 2.19. The fourth-order valence-electron chi connectivity index (χ4n) is 2.50. The van der Waals surface area contributed by atoms with Crippen LogP contribution < -0.4 is 5.32 Å². The number of amides is 1. The normalized spacial score (nSPS) is 18.1. The zero-order chi connectivity index (χ0) is 15.1. The van der Waals surface area contributed by atoms with Gasteiger partial charge >= 0.3 is 0 Å². The topological polar surface area (TPSA) is 41.6 Å². The van der Waals surface area contributed by atoms with Gasteiger partial charge in [-0.05, 0) is 43.3 Å². The van der Waals surface area contributed by atoms with Crippen LogP contribution in [-0.2, 0) is 9.53 Å². The molecule has 1 unspecified atom stereocenters. The van der Waals surface area contributed by atoms with Gasteiger partial charge in [0.2, 0.25) is 5.91 Å². The van der Waals surface area contributed by atoms with E-state index in [2.05, 4.69) is 17.1 Å². The molecule has 1 aromatic carbocycles. The van der Waals surface area contributed by atoms with Crippen LogP contribution in [0.25, 0.3) is 0 Å². The van der Waals surface area contributed by atoms with Crippen molar-refractivity contribution in [3.05, 3.63) is 24.3 Å². The van der Waals surface area contributed by atoms with Gasteiger partial charge in [-0.2, -0.15) is 0 Å². The summed E-state index contributed by atoms with van der Waals surface area (Å²) >= 11 is 1.67. The van der Waals surface area contributed by atoms with Crippen molar-refractivity contribution < 1.29 is 9.53 Å². The lowest BCUT2D eigenvalue weighted by Gasteiger charge is -2.22. The molecule has 1 fully saturated rings. The van der Waals surface area contributed by atoms with Crippen LogP contribution in [-0.4, -0.2) is 49.9 Å². The van der Waals surface area contributed by atoms with Crippen molar-refractivity contribution in [1.29, 1.82) is 0 Å². The summed E-state index contributed by atoms with van der Waals surface area (Å²) in [6.07, 6.45) is 3.14. The van der Waals surface area contributed by atoms with E-state index in [0.29, 0.717) is 12.5 Å². The lowest BCUT2D eigenvalue weighted by Crippen LogP contribution is -2.36. The average Bonchev–Trinajstić information content (AvgIpc) is 2.99. The van der Waals surface area contributed by atoms with Crippen LogP contribution in [0.5, 0.6) is 0 Å². The lowest BCUT2D eigenvalue weighted by molar-refractivity contribution is -0.117. The first-order chi connectivity index (χ1) is 10.2. The molecule has 2 rings (SSSR count). The predicted molar refractivity (Wildman–Crippen MR) is 87.9 cm³/mol. The Morgan fingerprint density at radius 2 is 2.38 bits per heavy atom. The molecule has 0 bridgehead atoms. The summed E-state index contributed by atoms with van der Waals surface area (Å²) in [6.45, 7) is 6.04. The molecule has 1 amide bonds. The molecule has 1 N–H and O–H groups in total. The van der Waals surface area contributed by atoms with E-state index in [4.69, 9.17) is 4.74 Å². The summed E-state index contributed by atoms with van der Waals surface area (Å²) in [4.78, 5) is 15.5. The zero-order valence-corrected chi connectivity index (χ0v) is 13.6. The second-order valence-electron chi connectivity index (χ2n) is 5.34. The molecule has 0 aromatic heterocycles. The smallest absolute Gasteiger partial charge is 0.238 e. The number of anilines is 1. The van der Waals surface area contributed by atoms with Crippen LogP contribution in [0.2, 0.25) is 0 Å². The first-order valence-corrected chi connectivity index (χ1v) is 8.67. The second-order valence-corrected chi connectivity index (χ2v) is 6.22. The molecule has 0 saturated carbocycles. The third kappa shape index (κ3) is 5.34. The van der Waals surface area contributed by atoms with Gasteiger partial charge in [0, 0.05) is 23.7 Å². The maximum Gasteiger partial charge on any atom is 0.238 e. The lowest BCUT2D eigenvalue weighted by atomic mass is 10.1. The Hall–Kier alpha value is -1.04. The molecule has 4 nitrogen and oxygen atoms in total. The Labute approximate surface area is 131 Å². The average molecular weight is 308 g/mol. The summed E-state index contributed by atoms with van der Waals surface area (Å²) in [7, 11) is 0. The number of hydrogen-bond acceptors (Lipinski definition) is 4. The van der Waals surface area contributed by atoms with Crippen LogP contribution in [0.1, 0.15) is 13.3 Å². The third-order valence-corrected chi connectivity index (χ3v) is 4.43. The van der Waals surface area contributed by atoms with E-state index in [1.54, 1.807) is 11.8 Å². The van der Waals surface area contributed by atoms with Crippen molar-refractivity contribution in [2.75, 3.05) is 44.4 Å². The van der Waals surface area contributed by atoms with Gasteiger partial charge in [-0.1, -0.05) is 13.0 Å². The number of benzene rings is 1. The summed E-state index contributed by atoms with van der Waals surface area (Å²) in [6, 6.07) is 7.94. The molecule has 1 aromatic rings. The van der Waals surface area contributed by atoms with Crippen molar-refractivity contribution in [3.8, 4) is 0 Å². The minimum atomic E-state index is 0.0500. The highest BCUT2D eigenvalue weighted by atomic mass is 32.2. The minimum Gasteiger partial charge on any atom is -0.381 e. The molecule has 1 aliphatic heterocycles. The van der Waals surface area contributed by atoms with Gasteiger partial charge in [0.05, 0.1) is 13.2 Å². The molecule has 0 aliphatic carbocycles. The van der Waals surface area contributed by atoms with Crippen LogP contribution in [0.4, 0.5) is 5.69 Å². The molecule has 1 atom stereocenters. The molecule has 0 spiro atoms. The summed E-state index contributed by atoms with van der Waals surface area (Å²) in [5, 5.41) is 2.98. The fourth-order valence-corrected chi connectivity index (χ4v) is 2.96. The molecule has 1 aliphatic rings. The first-order valence-electron chi connectivity index (χ1n) is 7.45. The molecular formula is C16H24N2O2S. The number of ether oxygens (including phenoxy) is 1. The number of thioether (sulfide) groups is 1. The maximum atomic E-state index is 12.2. The van der Waals surface area contributed by atoms with Crippen LogP contribution in [0.15, 0.2) is 29.2 Å². The summed E-state index contributed by atoms with van der Waals surface area (Å²) in [5.41, 5.74) is 0.868. The second kappa shape index (κ2) is 8.41. The Morgan fingerprint density at radius 1 is 1.52 bits per heavy atom. The predicted octanol–water partition coefficient (Wildman–Crippen LogP) is 2.71. The Balaban J connectivity index is 1.83. The highest BCUT2D eigenvalue weighted by molar-refractivity contribution is 7.98. The first kappa shape index (κ1) is 16.3. The SMILES string of the molecule is CCN(CC(=O)Nc1cccc(SC)c1)CC1CCOC1. The summed E-state index contributed by atoms with van der Waals surface area (Å²) < 4.78 is 5.40. The standard InChI is InChI=1S/C16H24N2O2S/c1-3-18(10-13-7-8-20-12-13)11-16(19)17-14-5-4-6-15(9-14)21-2/h4-6,9,13H,3,7-8,10-12H2,1-2H3,(H,17,19). The van der Waals surface area contributed by atoms with Crippen LogP contribution in [0, 0.1) is 5.92 Å². The van der Waals surface area contributed by atoms with Gasteiger partial charge in [0.25, 0.3) is 0 Å². The van der Waals surface area contributed by atoms with Crippen molar-refractivity contribution in [1.82, 2.24) is 4.90 Å². The number of likely N-dealkylation sites (N-methyl/N-ethyl adjacent to an activating group) is 1.